The molecule has 8 heteroatoms. The first-order valence-electron chi connectivity index (χ1n) is 10.7. The average molecular weight is 431 g/mol. The van der Waals surface area contributed by atoms with Crippen LogP contribution in [-0.4, -0.2) is 50.0 Å². The zero-order valence-corrected chi connectivity index (χ0v) is 18.2. The van der Waals surface area contributed by atoms with E-state index in [-0.39, 0.29) is 11.3 Å². The molecule has 164 valence electrons. The zero-order valence-electron chi connectivity index (χ0n) is 18.2. The molecule has 0 bridgehead atoms. The summed E-state index contributed by atoms with van der Waals surface area (Å²) in [5.74, 6) is -0.394. The highest BCUT2D eigenvalue weighted by molar-refractivity contribution is 6.11. The summed E-state index contributed by atoms with van der Waals surface area (Å²) in [6.45, 7) is 7.84. The lowest BCUT2D eigenvalue weighted by molar-refractivity contribution is 0.102. The lowest BCUT2D eigenvalue weighted by Crippen LogP contribution is -2.27. The number of benzene rings is 2. The van der Waals surface area contributed by atoms with E-state index >= 15 is 0 Å². The van der Waals surface area contributed by atoms with Crippen LogP contribution < -0.4 is 10.9 Å². The Balaban J connectivity index is 1.63. The van der Waals surface area contributed by atoms with Crippen LogP contribution in [0.1, 0.15) is 24.3 Å². The van der Waals surface area contributed by atoms with E-state index in [1.807, 2.05) is 22.9 Å². The Bertz CT molecular complexity index is 1270. The van der Waals surface area contributed by atoms with Crippen molar-refractivity contribution in [1.29, 1.82) is 0 Å². The average Bonchev–Trinajstić information content (AvgIpc) is 3.28. The first-order valence-corrected chi connectivity index (χ1v) is 10.7. The van der Waals surface area contributed by atoms with Crippen LogP contribution in [-0.2, 0) is 6.54 Å². The van der Waals surface area contributed by atoms with E-state index in [1.165, 1.54) is 4.68 Å². The van der Waals surface area contributed by atoms with Gasteiger partial charge in [-0.05, 0) is 31.3 Å². The number of rotatable bonds is 8. The molecule has 0 radical (unpaired) electrons. The van der Waals surface area contributed by atoms with E-state index in [0.29, 0.717) is 22.1 Å². The lowest BCUT2D eigenvalue weighted by Gasteiger charge is -2.17. The summed E-state index contributed by atoms with van der Waals surface area (Å²) in [5, 5.41) is 12.6. The van der Waals surface area contributed by atoms with Gasteiger partial charge in [-0.2, -0.15) is 14.9 Å². The van der Waals surface area contributed by atoms with Crippen molar-refractivity contribution in [3.05, 3.63) is 83.0 Å². The van der Waals surface area contributed by atoms with Crippen molar-refractivity contribution in [2.75, 3.05) is 25.0 Å². The maximum atomic E-state index is 13.2. The second kappa shape index (κ2) is 9.57. The Hall–Kier alpha value is -3.78. The molecule has 0 atom stereocenters. The fraction of sp³-hybridized carbons (Fsp3) is 0.250. The van der Waals surface area contributed by atoms with E-state index in [0.717, 1.165) is 26.2 Å². The molecule has 0 aliphatic rings. The van der Waals surface area contributed by atoms with E-state index in [4.69, 9.17) is 0 Å². The van der Waals surface area contributed by atoms with Gasteiger partial charge in [-0.1, -0.05) is 50.2 Å². The quantitative estimate of drug-likeness (QED) is 0.464. The molecule has 1 amide bonds. The third kappa shape index (κ3) is 4.45. The van der Waals surface area contributed by atoms with Crippen molar-refractivity contribution < 1.29 is 4.79 Å². The van der Waals surface area contributed by atoms with E-state index in [2.05, 4.69) is 34.3 Å². The van der Waals surface area contributed by atoms with Gasteiger partial charge in [0, 0.05) is 18.1 Å². The molecule has 0 fully saturated rings. The van der Waals surface area contributed by atoms with Crippen molar-refractivity contribution in [3.8, 4) is 5.69 Å². The van der Waals surface area contributed by atoms with Crippen molar-refractivity contribution in [3.63, 3.8) is 0 Å². The molecule has 4 aromatic rings. The normalized spacial score (nSPS) is 11.2. The second-order valence-electron chi connectivity index (χ2n) is 7.42. The van der Waals surface area contributed by atoms with Crippen molar-refractivity contribution in [2.24, 2.45) is 0 Å². The number of hydrogen-bond donors (Lipinski definition) is 1. The Kier molecular flexibility index (Phi) is 6.42. The van der Waals surface area contributed by atoms with Gasteiger partial charge in [0.05, 0.1) is 29.5 Å². The minimum Gasteiger partial charge on any atom is -0.318 e. The summed E-state index contributed by atoms with van der Waals surface area (Å²) >= 11 is 0. The summed E-state index contributed by atoms with van der Waals surface area (Å²) in [6, 6.07) is 16.1. The molecule has 8 nitrogen and oxygen atoms in total. The number of aromatic nitrogens is 4. The molecule has 0 spiro atoms. The van der Waals surface area contributed by atoms with Crippen LogP contribution in [0.25, 0.3) is 16.5 Å². The van der Waals surface area contributed by atoms with Gasteiger partial charge in [-0.3, -0.25) is 14.3 Å². The first kappa shape index (κ1) is 21.5. The van der Waals surface area contributed by atoms with Gasteiger partial charge in [-0.15, -0.1) is 0 Å². The van der Waals surface area contributed by atoms with Crippen molar-refractivity contribution in [1.82, 2.24) is 24.5 Å². The standard InChI is InChI=1S/C24H26N6O2/c1-3-28(4-2)14-15-29-17-18(16-25-29)26-23(31)22-20-12-8-9-13-21(20)24(32)30(27-22)19-10-6-5-7-11-19/h5-13,16-17H,3-4,14-15H2,1-2H3,(H,26,31). The Labute approximate surface area is 186 Å². The Morgan fingerprint density at radius 2 is 1.69 bits per heavy atom. The largest absolute Gasteiger partial charge is 0.318 e. The van der Waals surface area contributed by atoms with Gasteiger partial charge in [0.1, 0.15) is 0 Å². The van der Waals surface area contributed by atoms with E-state index in [1.54, 1.807) is 48.8 Å². The summed E-state index contributed by atoms with van der Waals surface area (Å²) in [4.78, 5) is 28.5. The Morgan fingerprint density at radius 1 is 1.00 bits per heavy atom. The number of carbonyl (C=O) groups is 1. The van der Waals surface area contributed by atoms with Gasteiger partial charge < -0.3 is 10.2 Å². The molecule has 0 unspecified atom stereocenters. The number of carbonyl (C=O) groups excluding carboxylic acids is 1. The number of nitrogens with one attached hydrogen (secondary N) is 1. The topological polar surface area (TPSA) is 85.0 Å². The summed E-state index contributed by atoms with van der Waals surface area (Å²) in [7, 11) is 0. The number of hydrogen-bond acceptors (Lipinski definition) is 5. The van der Waals surface area contributed by atoms with E-state index < -0.39 is 5.91 Å². The van der Waals surface area contributed by atoms with E-state index in [9.17, 15) is 9.59 Å². The van der Waals surface area contributed by atoms with Crippen LogP contribution in [0.15, 0.2) is 71.8 Å². The molecule has 32 heavy (non-hydrogen) atoms. The number of anilines is 1. The smallest absolute Gasteiger partial charge is 0.279 e. The number of likely N-dealkylation sites (N-methyl/N-ethyl adjacent to an activating group) is 1. The number of para-hydroxylation sites is 1. The minimum atomic E-state index is -0.394. The molecular formula is C24H26N6O2. The van der Waals surface area contributed by atoms with Gasteiger partial charge in [0.25, 0.3) is 11.5 Å². The van der Waals surface area contributed by atoms with Crippen LogP contribution in [0.2, 0.25) is 0 Å². The molecule has 0 saturated heterocycles. The SMILES string of the molecule is CCN(CC)CCn1cc(NC(=O)c2nn(-c3ccccc3)c(=O)c3ccccc23)cn1. The Morgan fingerprint density at radius 3 is 2.41 bits per heavy atom. The maximum absolute atomic E-state index is 13.2. The third-order valence-electron chi connectivity index (χ3n) is 5.45. The van der Waals surface area contributed by atoms with Crippen LogP contribution in [0.3, 0.4) is 0 Å². The highest BCUT2D eigenvalue weighted by atomic mass is 16.2. The maximum Gasteiger partial charge on any atom is 0.279 e. The fourth-order valence-electron chi connectivity index (χ4n) is 3.63. The molecule has 2 aromatic carbocycles. The van der Waals surface area contributed by atoms with Crippen molar-refractivity contribution in [2.45, 2.75) is 20.4 Å². The second-order valence-corrected chi connectivity index (χ2v) is 7.42. The zero-order chi connectivity index (χ0) is 22.5. The number of amides is 1. The highest BCUT2D eigenvalue weighted by Gasteiger charge is 2.18. The summed E-state index contributed by atoms with van der Waals surface area (Å²) in [6.07, 6.45) is 3.42. The highest BCUT2D eigenvalue weighted by Crippen LogP contribution is 2.17. The van der Waals surface area contributed by atoms with Crippen LogP contribution >= 0.6 is 0 Å². The monoisotopic (exact) mass is 430 g/mol. The van der Waals surface area contributed by atoms with Crippen LogP contribution in [0.5, 0.6) is 0 Å². The third-order valence-corrected chi connectivity index (χ3v) is 5.45. The predicted molar refractivity (Wildman–Crippen MR) is 125 cm³/mol. The first-order chi connectivity index (χ1) is 15.6. The number of fused-ring (bicyclic) bond motifs is 1. The molecule has 0 saturated carbocycles. The lowest BCUT2D eigenvalue weighted by atomic mass is 10.1. The minimum absolute atomic E-state index is 0.181. The van der Waals surface area contributed by atoms with Gasteiger partial charge in [0.2, 0.25) is 0 Å². The fourth-order valence-corrected chi connectivity index (χ4v) is 3.63. The molecule has 2 heterocycles. The summed E-state index contributed by atoms with van der Waals surface area (Å²) in [5.41, 5.74) is 1.09. The molecule has 0 aliphatic carbocycles. The van der Waals surface area contributed by atoms with Crippen LogP contribution in [0, 0.1) is 0 Å². The molecule has 4 rings (SSSR count). The summed E-state index contributed by atoms with van der Waals surface area (Å²) < 4.78 is 3.08. The van der Waals surface area contributed by atoms with Gasteiger partial charge >= 0.3 is 0 Å². The number of nitrogens with zero attached hydrogens (tertiary/aromatic N) is 5. The van der Waals surface area contributed by atoms with Crippen LogP contribution in [0.4, 0.5) is 5.69 Å². The van der Waals surface area contributed by atoms with Gasteiger partial charge in [-0.25, -0.2) is 0 Å². The molecular weight excluding hydrogens is 404 g/mol. The molecule has 0 aliphatic heterocycles. The predicted octanol–water partition coefficient (Wildman–Crippen LogP) is 3.18. The van der Waals surface area contributed by atoms with Crippen molar-refractivity contribution >= 4 is 22.4 Å². The molecule has 2 aromatic heterocycles. The molecule has 1 N–H and O–H groups in total. The van der Waals surface area contributed by atoms with Gasteiger partial charge in [0.15, 0.2) is 5.69 Å².